The molecule has 0 spiro atoms. The monoisotopic (exact) mass is 300 g/mol. The molecule has 3 rings (SSSR count). The predicted molar refractivity (Wildman–Crippen MR) is 88.3 cm³/mol. The Balaban J connectivity index is 1.88. The number of hydrogen-bond acceptors (Lipinski definition) is 3. The van der Waals surface area contributed by atoms with Crippen molar-refractivity contribution in [3.05, 3.63) is 54.9 Å². The molecule has 2 aromatic rings. The van der Waals surface area contributed by atoms with Crippen LogP contribution in [0.4, 0.5) is 0 Å². The zero-order chi connectivity index (χ0) is 14.1. The van der Waals surface area contributed by atoms with Gasteiger partial charge >= 0.3 is 0 Å². The molecule has 0 saturated heterocycles. The Morgan fingerprint density at radius 2 is 1.35 bits per heavy atom. The first-order valence-corrected chi connectivity index (χ1v) is 8.45. The van der Waals surface area contributed by atoms with Gasteiger partial charge in [0.2, 0.25) is 0 Å². The minimum atomic E-state index is 0.227. The molecule has 1 aliphatic rings. The van der Waals surface area contributed by atoms with Crippen molar-refractivity contribution in [2.24, 2.45) is 0 Å². The van der Waals surface area contributed by atoms with Crippen LogP contribution in [0.2, 0.25) is 0 Å². The Morgan fingerprint density at radius 1 is 0.900 bits per heavy atom. The van der Waals surface area contributed by atoms with E-state index in [1.165, 1.54) is 20.9 Å². The second-order valence-corrected chi connectivity index (χ2v) is 7.00. The van der Waals surface area contributed by atoms with Crippen molar-refractivity contribution in [1.29, 1.82) is 0 Å². The lowest BCUT2D eigenvalue weighted by Crippen LogP contribution is -1.95. The highest BCUT2D eigenvalue weighted by Crippen LogP contribution is 2.32. The van der Waals surface area contributed by atoms with Crippen LogP contribution in [0.1, 0.15) is 33.7 Å². The van der Waals surface area contributed by atoms with Crippen molar-refractivity contribution in [3.8, 4) is 0 Å². The summed E-state index contributed by atoms with van der Waals surface area (Å²) in [5, 5.41) is 4.15. The average molecular weight is 300 g/mol. The van der Waals surface area contributed by atoms with Crippen molar-refractivity contribution in [2.75, 3.05) is 0 Å². The first-order valence-electron chi connectivity index (χ1n) is 6.69. The van der Waals surface area contributed by atoms with Gasteiger partial charge in [-0.05, 0) is 72.9 Å². The fourth-order valence-corrected chi connectivity index (χ4v) is 4.13. The van der Waals surface area contributed by atoms with E-state index in [1.807, 2.05) is 0 Å². The number of rotatable bonds is 2. The summed E-state index contributed by atoms with van der Waals surface area (Å²) in [4.78, 5) is 14.9. The van der Waals surface area contributed by atoms with E-state index in [9.17, 15) is 4.79 Å². The van der Waals surface area contributed by atoms with Gasteiger partial charge in [-0.2, -0.15) is 0 Å². The molecule has 0 amide bonds. The highest BCUT2D eigenvalue weighted by Gasteiger charge is 2.23. The van der Waals surface area contributed by atoms with Gasteiger partial charge in [-0.25, -0.2) is 0 Å². The molecule has 0 bridgehead atoms. The van der Waals surface area contributed by atoms with Gasteiger partial charge < -0.3 is 0 Å². The van der Waals surface area contributed by atoms with Crippen LogP contribution in [0.25, 0.3) is 12.2 Å². The zero-order valence-electron chi connectivity index (χ0n) is 11.6. The zero-order valence-corrected chi connectivity index (χ0v) is 13.2. The standard InChI is InChI=1S/C17H16OS2/c1-11-5-7-19-15(11)9-13-3-4-14(17(13)18)10-16-12(2)6-8-20-16/h5-10H,3-4H2,1-2H3/b13-9+,14-10+. The number of hydrogen-bond donors (Lipinski definition) is 0. The molecule has 2 heterocycles. The van der Waals surface area contributed by atoms with E-state index in [2.05, 4.69) is 48.9 Å². The molecule has 0 aromatic carbocycles. The molecule has 0 aliphatic heterocycles. The summed E-state index contributed by atoms with van der Waals surface area (Å²) in [7, 11) is 0. The molecular weight excluding hydrogens is 284 g/mol. The second kappa shape index (κ2) is 5.51. The lowest BCUT2D eigenvalue weighted by molar-refractivity contribution is -0.111. The summed E-state index contributed by atoms with van der Waals surface area (Å²) in [6, 6.07) is 4.20. The van der Waals surface area contributed by atoms with Crippen molar-refractivity contribution in [3.63, 3.8) is 0 Å². The molecule has 0 unspecified atom stereocenters. The first-order chi connectivity index (χ1) is 9.65. The SMILES string of the molecule is Cc1ccsc1/C=C1\CC/C(=C\c2sccc2C)C1=O. The molecule has 0 radical (unpaired) electrons. The molecule has 1 fully saturated rings. The van der Waals surface area contributed by atoms with Crippen LogP contribution in [0.15, 0.2) is 34.0 Å². The summed E-state index contributed by atoms with van der Waals surface area (Å²) in [6.45, 7) is 4.18. The normalized spacial score (nSPS) is 19.4. The Labute approximate surface area is 127 Å². The first kappa shape index (κ1) is 13.5. The van der Waals surface area contributed by atoms with Crippen molar-refractivity contribution < 1.29 is 4.79 Å². The Hall–Kier alpha value is -1.45. The second-order valence-electron chi connectivity index (χ2n) is 5.10. The van der Waals surface area contributed by atoms with Crippen LogP contribution < -0.4 is 0 Å². The number of Topliss-reactive ketones (excluding diaryl/α,β-unsaturated/α-hetero) is 1. The molecule has 0 N–H and O–H groups in total. The maximum atomic E-state index is 12.5. The van der Waals surface area contributed by atoms with Crippen LogP contribution in [-0.2, 0) is 4.79 Å². The van der Waals surface area contributed by atoms with Crippen LogP contribution in [0, 0.1) is 13.8 Å². The minimum absolute atomic E-state index is 0.227. The van der Waals surface area contributed by atoms with Crippen LogP contribution >= 0.6 is 22.7 Å². The van der Waals surface area contributed by atoms with Crippen molar-refractivity contribution >= 4 is 40.6 Å². The van der Waals surface area contributed by atoms with Crippen LogP contribution in [0.5, 0.6) is 0 Å². The summed E-state index contributed by atoms with van der Waals surface area (Å²) < 4.78 is 0. The van der Waals surface area contributed by atoms with E-state index >= 15 is 0 Å². The summed E-state index contributed by atoms with van der Waals surface area (Å²) in [5.41, 5.74) is 4.41. The largest absolute Gasteiger partial charge is 0.289 e. The van der Waals surface area contributed by atoms with Gasteiger partial charge in [0, 0.05) is 20.9 Å². The average Bonchev–Trinajstić information content (AvgIpc) is 3.09. The van der Waals surface area contributed by atoms with Gasteiger partial charge in [-0.1, -0.05) is 0 Å². The predicted octanol–water partition coefficient (Wildman–Crippen LogP) is 5.26. The molecule has 1 aliphatic carbocycles. The third-order valence-electron chi connectivity index (χ3n) is 3.66. The molecule has 3 heteroatoms. The van der Waals surface area contributed by atoms with E-state index in [4.69, 9.17) is 0 Å². The van der Waals surface area contributed by atoms with Gasteiger partial charge in [-0.15, -0.1) is 22.7 Å². The fraction of sp³-hybridized carbons (Fsp3) is 0.235. The Bertz CT molecular complexity index is 653. The molecule has 20 heavy (non-hydrogen) atoms. The quantitative estimate of drug-likeness (QED) is 0.692. The van der Waals surface area contributed by atoms with Crippen LogP contribution in [-0.4, -0.2) is 5.78 Å². The lowest BCUT2D eigenvalue weighted by Gasteiger charge is -1.96. The lowest BCUT2D eigenvalue weighted by atomic mass is 10.1. The highest BCUT2D eigenvalue weighted by molar-refractivity contribution is 7.11. The van der Waals surface area contributed by atoms with Gasteiger partial charge in [0.1, 0.15) is 0 Å². The van der Waals surface area contributed by atoms with Crippen molar-refractivity contribution in [1.82, 2.24) is 0 Å². The number of carbonyl (C=O) groups is 1. The van der Waals surface area contributed by atoms with Crippen molar-refractivity contribution in [2.45, 2.75) is 26.7 Å². The number of allylic oxidation sites excluding steroid dienone is 2. The van der Waals surface area contributed by atoms with Crippen LogP contribution in [0.3, 0.4) is 0 Å². The maximum absolute atomic E-state index is 12.5. The number of thiophene rings is 2. The summed E-state index contributed by atoms with van der Waals surface area (Å²) in [6.07, 6.45) is 5.88. The van der Waals surface area contributed by atoms with Gasteiger partial charge in [0.15, 0.2) is 5.78 Å². The molecule has 1 saturated carbocycles. The molecule has 102 valence electrons. The minimum Gasteiger partial charge on any atom is -0.289 e. The third kappa shape index (κ3) is 2.56. The van der Waals surface area contributed by atoms with E-state index in [-0.39, 0.29) is 5.78 Å². The van der Waals surface area contributed by atoms with Gasteiger partial charge in [-0.3, -0.25) is 4.79 Å². The number of ketones is 1. The number of carbonyl (C=O) groups excluding carboxylic acids is 1. The maximum Gasteiger partial charge on any atom is 0.185 e. The topological polar surface area (TPSA) is 17.1 Å². The number of aryl methyl sites for hydroxylation is 2. The van der Waals surface area contributed by atoms with E-state index in [0.717, 1.165) is 24.0 Å². The van der Waals surface area contributed by atoms with E-state index in [1.54, 1.807) is 22.7 Å². The van der Waals surface area contributed by atoms with E-state index in [0.29, 0.717) is 0 Å². The van der Waals surface area contributed by atoms with E-state index < -0.39 is 0 Å². The molecule has 0 atom stereocenters. The molecule has 2 aromatic heterocycles. The smallest absolute Gasteiger partial charge is 0.185 e. The fourth-order valence-electron chi connectivity index (χ4n) is 2.36. The Morgan fingerprint density at radius 3 is 1.70 bits per heavy atom. The third-order valence-corrected chi connectivity index (χ3v) is 5.59. The molecular formula is C17H16OS2. The Kier molecular flexibility index (Phi) is 3.72. The summed E-state index contributed by atoms with van der Waals surface area (Å²) >= 11 is 3.40. The van der Waals surface area contributed by atoms with Gasteiger partial charge in [0.25, 0.3) is 0 Å². The summed E-state index contributed by atoms with van der Waals surface area (Å²) in [5.74, 6) is 0.227. The van der Waals surface area contributed by atoms with Gasteiger partial charge in [0.05, 0.1) is 0 Å². The highest BCUT2D eigenvalue weighted by atomic mass is 32.1. The molecule has 1 nitrogen and oxygen atoms in total.